The second-order valence-electron chi connectivity index (χ2n) is 5.56. The third-order valence-electron chi connectivity index (χ3n) is 3.96. The minimum atomic E-state index is -0.277. The molecule has 0 fully saturated rings. The second kappa shape index (κ2) is 7.76. The molecule has 3 heteroatoms. The van der Waals surface area contributed by atoms with Crippen molar-refractivity contribution in [3.8, 4) is 0 Å². The summed E-state index contributed by atoms with van der Waals surface area (Å²) in [6, 6.07) is 18.1. The summed E-state index contributed by atoms with van der Waals surface area (Å²) >= 11 is 0. The second-order valence-corrected chi connectivity index (χ2v) is 5.56. The van der Waals surface area contributed by atoms with Crippen molar-refractivity contribution in [1.82, 2.24) is 4.90 Å². The molecule has 1 unspecified atom stereocenters. The zero-order valence-electron chi connectivity index (χ0n) is 13.3. The molecule has 0 aliphatic carbocycles. The number of nitrogens with two attached hydrogens (primary N) is 1. The lowest BCUT2D eigenvalue weighted by Gasteiger charge is -2.23. The Morgan fingerprint density at radius 3 is 2.18 bits per heavy atom. The van der Waals surface area contributed by atoms with E-state index in [-0.39, 0.29) is 11.8 Å². The van der Waals surface area contributed by atoms with Gasteiger partial charge in [0.25, 0.3) is 0 Å². The van der Waals surface area contributed by atoms with Gasteiger partial charge in [-0.05, 0) is 23.1 Å². The van der Waals surface area contributed by atoms with Crippen LogP contribution in [0.5, 0.6) is 0 Å². The van der Waals surface area contributed by atoms with E-state index >= 15 is 0 Å². The van der Waals surface area contributed by atoms with Crippen molar-refractivity contribution in [2.75, 3.05) is 13.6 Å². The molecule has 0 aliphatic heterocycles. The number of rotatable bonds is 6. The van der Waals surface area contributed by atoms with Crippen molar-refractivity contribution in [2.45, 2.75) is 25.8 Å². The molecule has 0 saturated carbocycles. The first-order valence-corrected chi connectivity index (χ1v) is 7.73. The van der Waals surface area contributed by atoms with Crippen LogP contribution in [0.15, 0.2) is 54.6 Å². The third kappa shape index (κ3) is 3.95. The molecule has 22 heavy (non-hydrogen) atoms. The van der Waals surface area contributed by atoms with Gasteiger partial charge in [0, 0.05) is 20.1 Å². The van der Waals surface area contributed by atoms with Gasteiger partial charge in [-0.2, -0.15) is 0 Å². The number of hydrogen-bond acceptors (Lipinski definition) is 2. The van der Waals surface area contributed by atoms with Gasteiger partial charge in [-0.25, -0.2) is 0 Å². The molecule has 0 radical (unpaired) electrons. The van der Waals surface area contributed by atoms with Crippen LogP contribution in [0.25, 0.3) is 0 Å². The number of likely N-dealkylation sites (N-methyl/N-ethyl adjacent to an activating group) is 1. The fourth-order valence-corrected chi connectivity index (χ4v) is 2.56. The van der Waals surface area contributed by atoms with E-state index in [9.17, 15) is 4.79 Å². The number of carbonyl (C=O) groups is 1. The molecule has 0 aromatic heterocycles. The van der Waals surface area contributed by atoms with E-state index < -0.39 is 0 Å². The van der Waals surface area contributed by atoms with Crippen LogP contribution in [0.1, 0.15) is 29.5 Å². The van der Waals surface area contributed by atoms with Gasteiger partial charge in [-0.3, -0.25) is 4.79 Å². The Kier molecular flexibility index (Phi) is 5.73. The lowest BCUT2D eigenvalue weighted by atomic mass is 9.97. The molecule has 2 N–H and O–H groups in total. The highest BCUT2D eigenvalue weighted by Crippen LogP contribution is 2.18. The van der Waals surface area contributed by atoms with Crippen LogP contribution in [-0.2, 0) is 17.8 Å². The van der Waals surface area contributed by atoms with Crippen LogP contribution in [0.2, 0.25) is 0 Å². The molecule has 0 saturated heterocycles. The average molecular weight is 296 g/mol. The van der Waals surface area contributed by atoms with E-state index in [1.165, 1.54) is 5.56 Å². The molecule has 3 nitrogen and oxygen atoms in total. The molecule has 0 bridgehead atoms. The van der Waals surface area contributed by atoms with E-state index in [4.69, 9.17) is 5.73 Å². The van der Waals surface area contributed by atoms with E-state index in [1.54, 1.807) is 4.90 Å². The highest BCUT2D eigenvalue weighted by atomic mass is 16.2. The smallest absolute Gasteiger partial charge is 0.231 e. The van der Waals surface area contributed by atoms with Crippen LogP contribution >= 0.6 is 0 Å². The maximum Gasteiger partial charge on any atom is 0.231 e. The van der Waals surface area contributed by atoms with Crippen molar-refractivity contribution in [2.24, 2.45) is 5.73 Å². The highest BCUT2D eigenvalue weighted by Gasteiger charge is 2.22. The summed E-state index contributed by atoms with van der Waals surface area (Å²) in [5.41, 5.74) is 9.25. The molecule has 2 rings (SSSR count). The van der Waals surface area contributed by atoms with Gasteiger partial charge in [0.15, 0.2) is 0 Å². The molecule has 116 valence electrons. The summed E-state index contributed by atoms with van der Waals surface area (Å²) in [6.07, 6.45) is 1.03. The third-order valence-corrected chi connectivity index (χ3v) is 3.96. The zero-order valence-corrected chi connectivity index (χ0v) is 13.3. The Morgan fingerprint density at radius 2 is 1.64 bits per heavy atom. The molecule has 0 spiro atoms. The minimum absolute atomic E-state index is 0.0632. The quantitative estimate of drug-likeness (QED) is 0.891. The molecule has 1 atom stereocenters. The number of hydrogen-bond donors (Lipinski definition) is 1. The monoisotopic (exact) mass is 296 g/mol. The van der Waals surface area contributed by atoms with Crippen LogP contribution in [0, 0.1) is 0 Å². The largest absolute Gasteiger partial charge is 0.341 e. The van der Waals surface area contributed by atoms with Gasteiger partial charge >= 0.3 is 0 Å². The van der Waals surface area contributed by atoms with Crippen LogP contribution in [0.4, 0.5) is 0 Å². The first-order chi connectivity index (χ1) is 10.7. The predicted octanol–water partition coefficient (Wildman–Crippen LogP) is 2.95. The summed E-state index contributed by atoms with van der Waals surface area (Å²) < 4.78 is 0. The summed E-state index contributed by atoms with van der Waals surface area (Å²) in [5, 5.41) is 0. The predicted molar refractivity (Wildman–Crippen MR) is 90.5 cm³/mol. The average Bonchev–Trinajstić information content (AvgIpc) is 2.57. The zero-order chi connectivity index (χ0) is 15.9. The Hall–Kier alpha value is -2.13. The van der Waals surface area contributed by atoms with Crippen molar-refractivity contribution >= 4 is 5.91 Å². The summed E-state index contributed by atoms with van der Waals surface area (Å²) in [6.45, 7) is 3.06. The summed E-state index contributed by atoms with van der Waals surface area (Å²) in [4.78, 5) is 14.4. The van der Waals surface area contributed by atoms with Crippen molar-refractivity contribution in [3.05, 3.63) is 71.3 Å². The maximum absolute atomic E-state index is 12.6. The first kappa shape index (κ1) is 16.2. The van der Waals surface area contributed by atoms with E-state index in [1.807, 2.05) is 37.4 Å². The highest BCUT2D eigenvalue weighted by molar-refractivity contribution is 5.83. The standard InChI is InChI=1S/C19H24N2O/c1-3-15-9-11-16(12-10-15)14-21(2)19(22)18(13-20)17-7-5-4-6-8-17/h4-12,18H,3,13-14,20H2,1-2H3. The van der Waals surface area contributed by atoms with Crippen LogP contribution in [-0.4, -0.2) is 24.4 Å². The van der Waals surface area contributed by atoms with Gasteiger partial charge in [-0.1, -0.05) is 61.5 Å². The first-order valence-electron chi connectivity index (χ1n) is 7.73. The van der Waals surface area contributed by atoms with Crippen LogP contribution < -0.4 is 5.73 Å². The van der Waals surface area contributed by atoms with Crippen molar-refractivity contribution < 1.29 is 4.79 Å². The molecular weight excluding hydrogens is 272 g/mol. The topological polar surface area (TPSA) is 46.3 Å². The lowest BCUT2D eigenvalue weighted by Crippen LogP contribution is -2.34. The molecule has 0 heterocycles. The van der Waals surface area contributed by atoms with Crippen molar-refractivity contribution in [3.63, 3.8) is 0 Å². The summed E-state index contributed by atoms with van der Waals surface area (Å²) in [7, 11) is 1.83. The fraction of sp³-hybridized carbons (Fsp3) is 0.316. The molecular formula is C19H24N2O. The van der Waals surface area contributed by atoms with Gasteiger partial charge in [0.2, 0.25) is 5.91 Å². The Morgan fingerprint density at radius 1 is 1.05 bits per heavy atom. The minimum Gasteiger partial charge on any atom is -0.341 e. The van der Waals surface area contributed by atoms with Gasteiger partial charge in [-0.15, -0.1) is 0 Å². The number of amides is 1. The Labute approximate surface area is 132 Å². The normalized spacial score (nSPS) is 12.0. The van der Waals surface area contributed by atoms with Crippen LogP contribution in [0.3, 0.4) is 0 Å². The molecule has 1 amide bonds. The maximum atomic E-state index is 12.6. The number of carbonyl (C=O) groups excluding carboxylic acids is 1. The van der Waals surface area contributed by atoms with E-state index in [0.29, 0.717) is 13.1 Å². The Balaban J connectivity index is 2.06. The number of aryl methyl sites for hydroxylation is 1. The number of nitrogens with zero attached hydrogens (tertiary/aromatic N) is 1. The molecule has 2 aromatic rings. The lowest BCUT2D eigenvalue weighted by molar-refractivity contribution is -0.131. The van der Waals surface area contributed by atoms with Crippen molar-refractivity contribution in [1.29, 1.82) is 0 Å². The van der Waals surface area contributed by atoms with E-state index in [0.717, 1.165) is 17.5 Å². The molecule has 2 aromatic carbocycles. The van der Waals surface area contributed by atoms with Gasteiger partial charge in [0.05, 0.1) is 5.92 Å². The Bertz CT molecular complexity index is 593. The number of benzene rings is 2. The van der Waals surface area contributed by atoms with Gasteiger partial charge in [0.1, 0.15) is 0 Å². The SMILES string of the molecule is CCc1ccc(CN(C)C(=O)C(CN)c2ccccc2)cc1. The molecule has 0 aliphatic rings. The van der Waals surface area contributed by atoms with E-state index in [2.05, 4.69) is 31.2 Å². The van der Waals surface area contributed by atoms with Gasteiger partial charge < -0.3 is 10.6 Å². The fourth-order valence-electron chi connectivity index (χ4n) is 2.56. The summed E-state index contributed by atoms with van der Waals surface area (Å²) in [5.74, 6) is -0.214.